The lowest BCUT2D eigenvalue weighted by Crippen LogP contribution is -2.55. The minimum atomic E-state index is 0.177. The summed E-state index contributed by atoms with van der Waals surface area (Å²) in [5, 5.41) is 3.71. The average Bonchev–Trinajstić information content (AvgIpc) is 2.97. The van der Waals surface area contributed by atoms with E-state index in [4.69, 9.17) is 5.73 Å². The number of nitrogens with zero attached hydrogens (tertiary/aromatic N) is 2. The van der Waals surface area contributed by atoms with Crippen molar-refractivity contribution < 1.29 is 0 Å². The lowest BCUT2D eigenvalue weighted by atomic mass is 9.81. The second kappa shape index (κ2) is 7.23. The Balaban J connectivity index is 2.45. The second-order valence-corrected chi connectivity index (χ2v) is 5.95. The van der Waals surface area contributed by atoms with Gasteiger partial charge in [-0.3, -0.25) is 4.90 Å². The molecule has 4 heteroatoms. The van der Waals surface area contributed by atoms with Crippen LogP contribution in [0.15, 0.2) is 18.3 Å². The van der Waals surface area contributed by atoms with E-state index in [0.717, 1.165) is 25.2 Å². The number of hydrogen-bond acceptors (Lipinski definition) is 4. The molecule has 1 fully saturated rings. The van der Waals surface area contributed by atoms with Crippen molar-refractivity contribution >= 4 is 5.82 Å². The average molecular weight is 290 g/mol. The Labute approximate surface area is 129 Å². The third kappa shape index (κ3) is 3.06. The number of anilines is 1. The fourth-order valence-corrected chi connectivity index (χ4v) is 4.10. The molecular weight excluding hydrogens is 260 g/mol. The highest BCUT2D eigenvalue weighted by Gasteiger charge is 2.45. The van der Waals surface area contributed by atoms with Gasteiger partial charge in [-0.2, -0.15) is 0 Å². The van der Waals surface area contributed by atoms with Crippen LogP contribution in [0.25, 0.3) is 0 Å². The lowest BCUT2D eigenvalue weighted by molar-refractivity contribution is 0.0633. The molecule has 21 heavy (non-hydrogen) atoms. The van der Waals surface area contributed by atoms with E-state index < -0.39 is 0 Å². The Bertz CT molecular complexity index is 436. The highest BCUT2D eigenvalue weighted by atomic mass is 15.2. The highest BCUT2D eigenvalue weighted by Crippen LogP contribution is 2.45. The Hall–Kier alpha value is -1.13. The van der Waals surface area contributed by atoms with Gasteiger partial charge in [-0.1, -0.05) is 39.7 Å². The zero-order valence-corrected chi connectivity index (χ0v) is 13.7. The van der Waals surface area contributed by atoms with E-state index in [9.17, 15) is 0 Å². The van der Waals surface area contributed by atoms with Gasteiger partial charge < -0.3 is 11.1 Å². The van der Waals surface area contributed by atoms with E-state index in [1.165, 1.54) is 25.7 Å². The number of hydrogen-bond donors (Lipinski definition) is 2. The number of nitrogen functional groups attached to an aromatic ring is 1. The van der Waals surface area contributed by atoms with Gasteiger partial charge in [-0.25, -0.2) is 4.98 Å². The van der Waals surface area contributed by atoms with Crippen molar-refractivity contribution in [2.75, 3.05) is 25.4 Å². The minimum absolute atomic E-state index is 0.177. The molecule has 0 bridgehead atoms. The molecule has 4 nitrogen and oxygen atoms in total. The molecule has 1 atom stereocenters. The van der Waals surface area contributed by atoms with Crippen molar-refractivity contribution in [1.29, 1.82) is 0 Å². The van der Waals surface area contributed by atoms with Gasteiger partial charge in [-0.05, 0) is 38.5 Å². The molecule has 1 aromatic rings. The van der Waals surface area contributed by atoms with Crippen molar-refractivity contribution in [3.63, 3.8) is 0 Å². The maximum absolute atomic E-state index is 6.19. The predicted octanol–water partition coefficient (Wildman–Crippen LogP) is 2.97. The van der Waals surface area contributed by atoms with Gasteiger partial charge in [0.1, 0.15) is 5.82 Å². The van der Waals surface area contributed by atoms with Crippen LogP contribution in [0.2, 0.25) is 0 Å². The number of pyridine rings is 1. The fraction of sp³-hybridized carbons (Fsp3) is 0.706. The molecule has 118 valence electrons. The molecule has 0 spiro atoms. The summed E-state index contributed by atoms with van der Waals surface area (Å²) in [6.45, 7) is 9.81. The van der Waals surface area contributed by atoms with Crippen molar-refractivity contribution in [1.82, 2.24) is 15.2 Å². The van der Waals surface area contributed by atoms with Crippen LogP contribution in [0.3, 0.4) is 0 Å². The summed E-state index contributed by atoms with van der Waals surface area (Å²) >= 11 is 0. The van der Waals surface area contributed by atoms with Crippen LogP contribution in [0, 0.1) is 0 Å². The summed E-state index contributed by atoms with van der Waals surface area (Å²) in [4.78, 5) is 6.94. The van der Waals surface area contributed by atoms with Gasteiger partial charge >= 0.3 is 0 Å². The van der Waals surface area contributed by atoms with Crippen LogP contribution < -0.4 is 11.1 Å². The molecule has 1 saturated carbocycles. The minimum Gasteiger partial charge on any atom is -0.383 e. The molecule has 3 N–H and O–H groups in total. The molecule has 1 aromatic heterocycles. The van der Waals surface area contributed by atoms with Gasteiger partial charge in [0.25, 0.3) is 0 Å². The monoisotopic (exact) mass is 290 g/mol. The van der Waals surface area contributed by atoms with Crippen molar-refractivity contribution in [3.8, 4) is 0 Å². The Morgan fingerprint density at radius 3 is 2.48 bits per heavy atom. The Kier molecular flexibility index (Phi) is 5.59. The van der Waals surface area contributed by atoms with E-state index in [1.54, 1.807) is 6.20 Å². The first-order valence-electron chi connectivity index (χ1n) is 8.38. The van der Waals surface area contributed by atoms with Crippen LogP contribution in [0.4, 0.5) is 5.82 Å². The van der Waals surface area contributed by atoms with E-state index in [1.807, 2.05) is 6.07 Å². The maximum atomic E-state index is 6.19. The molecule has 2 rings (SSSR count). The van der Waals surface area contributed by atoms with Crippen LogP contribution in [-0.2, 0) is 0 Å². The van der Waals surface area contributed by atoms with Crippen LogP contribution in [-0.4, -0.2) is 35.1 Å². The van der Waals surface area contributed by atoms with Gasteiger partial charge in [0.15, 0.2) is 0 Å². The van der Waals surface area contributed by atoms with Gasteiger partial charge in [0.2, 0.25) is 0 Å². The number of nitrogens with two attached hydrogens (primary N) is 1. The van der Waals surface area contributed by atoms with Crippen molar-refractivity contribution in [2.45, 2.75) is 58.0 Å². The molecule has 0 aromatic carbocycles. The topological polar surface area (TPSA) is 54.2 Å². The van der Waals surface area contributed by atoms with Crippen molar-refractivity contribution in [3.05, 3.63) is 23.9 Å². The smallest absolute Gasteiger partial charge is 0.128 e. The number of rotatable bonds is 7. The summed E-state index contributed by atoms with van der Waals surface area (Å²) in [5.74, 6) is 0.668. The first kappa shape index (κ1) is 16.2. The Morgan fingerprint density at radius 1 is 1.29 bits per heavy atom. The second-order valence-electron chi connectivity index (χ2n) is 5.95. The van der Waals surface area contributed by atoms with Crippen molar-refractivity contribution in [2.24, 2.45) is 0 Å². The summed E-state index contributed by atoms with van der Waals surface area (Å²) in [6, 6.07) is 4.40. The molecule has 1 unspecified atom stereocenters. The molecule has 0 radical (unpaired) electrons. The summed E-state index contributed by atoms with van der Waals surface area (Å²) < 4.78 is 0. The SMILES string of the molecule is CCNC(c1cccnc1N)C1(N(CC)CC)CCCC1. The summed E-state index contributed by atoms with van der Waals surface area (Å²) in [5.41, 5.74) is 7.53. The maximum Gasteiger partial charge on any atom is 0.128 e. The van der Waals surface area contributed by atoms with E-state index in [0.29, 0.717) is 5.82 Å². The quantitative estimate of drug-likeness (QED) is 0.810. The largest absolute Gasteiger partial charge is 0.383 e. The highest BCUT2D eigenvalue weighted by molar-refractivity contribution is 5.43. The van der Waals surface area contributed by atoms with Gasteiger partial charge in [0.05, 0.1) is 6.04 Å². The normalized spacial score (nSPS) is 19.0. The Morgan fingerprint density at radius 2 is 1.95 bits per heavy atom. The fourth-order valence-electron chi connectivity index (χ4n) is 4.10. The lowest BCUT2D eigenvalue weighted by Gasteiger charge is -2.47. The van der Waals surface area contributed by atoms with E-state index >= 15 is 0 Å². The van der Waals surface area contributed by atoms with E-state index in [-0.39, 0.29) is 11.6 Å². The summed E-state index contributed by atoms with van der Waals surface area (Å²) in [7, 11) is 0. The predicted molar refractivity (Wildman–Crippen MR) is 89.2 cm³/mol. The first-order valence-corrected chi connectivity index (χ1v) is 8.38. The number of aromatic nitrogens is 1. The standard InChI is InChI=1S/C17H30N4/c1-4-19-15(14-10-9-13-20-16(14)18)17(11-7-8-12-17)21(5-2)6-3/h9-10,13,15,19H,4-8,11-12H2,1-3H3,(H2,18,20). The summed E-state index contributed by atoms with van der Waals surface area (Å²) in [6.07, 6.45) is 6.86. The van der Waals surface area contributed by atoms with E-state index in [2.05, 4.69) is 42.0 Å². The van der Waals surface area contributed by atoms with Crippen LogP contribution in [0.1, 0.15) is 58.1 Å². The molecular formula is C17H30N4. The molecule has 1 aliphatic carbocycles. The number of nitrogens with one attached hydrogen (secondary N) is 1. The molecule has 1 heterocycles. The van der Waals surface area contributed by atoms with Gasteiger partial charge in [0, 0.05) is 17.3 Å². The molecule has 1 aliphatic rings. The molecule has 0 saturated heterocycles. The first-order chi connectivity index (χ1) is 10.2. The van der Waals surface area contributed by atoms with Crippen LogP contribution >= 0.6 is 0 Å². The van der Waals surface area contributed by atoms with Gasteiger partial charge in [-0.15, -0.1) is 0 Å². The molecule has 0 aliphatic heterocycles. The van der Waals surface area contributed by atoms with Crippen LogP contribution in [0.5, 0.6) is 0 Å². The third-order valence-corrected chi connectivity index (χ3v) is 4.99. The zero-order chi connectivity index (χ0) is 15.3. The number of likely N-dealkylation sites (N-methyl/N-ethyl adjacent to an activating group) is 2. The third-order valence-electron chi connectivity index (χ3n) is 4.99. The molecule has 0 amide bonds. The zero-order valence-electron chi connectivity index (χ0n) is 13.7.